The van der Waals surface area contributed by atoms with Gasteiger partial charge in [-0.25, -0.2) is 0 Å². The largest absolute Gasteiger partial charge is 0.366 e. The highest BCUT2D eigenvalue weighted by molar-refractivity contribution is 6.36. The first-order valence-electron chi connectivity index (χ1n) is 9.00. The molecule has 1 fully saturated rings. The molecule has 0 spiro atoms. The summed E-state index contributed by atoms with van der Waals surface area (Å²) in [6.07, 6.45) is 0. The number of primary amides is 1. The molecule has 1 aliphatic heterocycles. The number of nitrogens with one attached hydrogen (secondary N) is 1. The molecular weight excluding hydrogens is 415 g/mol. The van der Waals surface area contributed by atoms with E-state index in [4.69, 9.17) is 28.9 Å². The van der Waals surface area contributed by atoms with E-state index < -0.39 is 5.91 Å². The Morgan fingerprint density at radius 1 is 0.966 bits per heavy atom. The minimum absolute atomic E-state index is 0.150. The number of nitrogens with zero attached hydrogens (tertiary/aromatic N) is 2. The van der Waals surface area contributed by atoms with Crippen LogP contribution < -0.4 is 11.1 Å². The average molecular weight is 435 g/mol. The van der Waals surface area contributed by atoms with Crippen LogP contribution in [0.15, 0.2) is 42.5 Å². The summed E-state index contributed by atoms with van der Waals surface area (Å²) in [7, 11) is 0. The van der Waals surface area contributed by atoms with Crippen molar-refractivity contribution in [2.75, 3.05) is 38.0 Å². The maximum absolute atomic E-state index is 12.7. The molecule has 1 saturated heterocycles. The van der Waals surface area contributed by atoms with Crippen molar-refractivity contribution in [3.8, 4) is 0 Å². The van der Waals surface area contributed by atoms with Gasteiger partial charge in [-0.15, -0.1) is 0 Å². The van der Waals surface area contributed by atoms with E-state index in [0.717, 1.165) is 0 Å². The third-order valence-corrected chi connectivity index (χ3v) is 5.20. The maximum atomic E-state index is 12.7. The Bertz CT molecular complexity index is 943. The Hall–Kier alpha value is -2.61. The second kappa shape index (κ2) is 9.26. The second-order valence-corrected chi connectivity index (χ2v) is 7.49. The molecular formula is C20H20Cl2N4O3. The molecule has 152 valence electrons. The van der Waals surface area contributed by atoms with Gasteiger partial charge < -0.3 is 16.0 Å². The molecule has 29 heavy (non-hydrogen) atoms. The third-order valence-electron chi connectivity index (χ3n) is 4.65. The van der Waals surface area contributed by atoms with E-state index in [1.54, 1.807) is 47.4 Å². The second-order valence-electron chi connectivity index (χ2n) is 6.65. The zero-order valence-electron chi connectivity index (χ0n) is 15.5. The summed E-state index contributed by atoms with van der Waals surface area (Å²) in [5, 5.41) is 3.51. The summed E-state index contributed by atoms with van der Waals surface area (Å²) in [4.78, 5) is 40.1. The molecule has 1 heterocycles. The number of rotatable bonds is 5. The van der Waals surface area contributed by atoms with Crippen molar-refractivity contribution >= 4 is 46.6 Å². The smallest absolute Gasteiger partial charge is 0.255 e. The fourth-order valence-corrected chi connectivity index (χ4v) is 3.63. The lowest BCUT2D eigenvalue weighted by molar-refractivity contribution is -0.117. The SMILES string of the molecule is NC(=O)c1ccccc1NC(=O)CN1CCN(C(=O)c2ccc(Cl)cc2Cl)CC1. The first-order valence-corrected chi connectivity index (χ1v) is 9.76. The van der Waals surface area contributed by atoms with Gasteiger partial charge in [-0.1, -0.05) is 35.3 Å². The van der Waals surface area contributed by atoms with Crippen LogP contribution in [0, 0.1) is 0 Å². The molecule has 3 amide bonds. The van der Waals surface area contributed by atoms with Gasteiger partial charge in [-0.3, -0.25) is 19.3 Å². The Balaban J connectivity index is 1.54. The lowest BCUT2D eigenvalue weighted by atomic mass is 10.1. The van der Waals surface area contributed by atoms with Crippen LogP contribution >= 0.6 is 23.2 Å². The Morgan fingerprint density at radius 2 is 1.66 bits per heavy atom. The standard InChI is InChI=1S/C20H20Cl2N4O3/c21-13-5-6-14(16(22)11-13)20(29)26-9-7-25(8-10-26)12-18(27)24-17-4-2-1-3-15(17)19(23)28/h1-6,11H,7-10,12H2,(H2,23,28)(H,24,27). The maximum Gasteiger partial charge on any atom is 0.255 e. The highest BCUT2D eigenvalue weighted by Crippen LogP contribution is 2.23. The van der Waals surface area contributed by atoms with Crippen molar-refractivity contribution in [2.24, 2.45) is 5.73 Å². The first kappa shape index (κ1) is 21.1. The minimum Gasteiger partial charge on any atom is -0.366 e. The quantitative estimate of drug-likeness (QED) is 0.755. The Kier molecular flexibility index (Phi) is 6.74. The molecule has 3 N–H and O–H groups in total. The molecule has 1 aliphatic rings. The van der Waals surface area contributed by atoms with Gasteiger partial charge in [0.1, 0.15) is 0 Å². The predicted octanol–water partition coefficient (Wildman–Crippen LogP) is 2.49. The number of piperazine rings is 1. The molecule has 9 heteroatoms. The fraction of sp³-hybridized carbons (Fsp3) is 0.250. The number of hydrogen-bond donors (Lipinski definition) is 2. The van der Waals surface area contributed by atoms with Crippen molar-refractivity contribution in [2.45, 2.75) is 0 Å². The normalized spacial score (nSPS) is 14.5. The van der Waals surface area contributed by atoms with Gasteiger partial charge in [0, 0.05) is 31.2 Å². The van der Waals surface area contributed by atoms with E-state index in [2.05, 4.69) is 5.32 Å². The molecule has 0 atom stereocenters. The van der Waals surface area contributed by atoms with Crippen LogP contribution in [0.1, 0.15) is 20.7 Å². The topological polar surface area (TPSA) is 95.7 Å². The van der Waals surface area contributed by atoms with Gasteiger partial charge in [-0.2, -0.15) is 0 Å². The van der Waals surface area contributed by atoms with Gasteiger partial charge in [-0.05, 0) is 30.3 Å². The Morgan fingerprint density at radius 3 is 2.31 bits per heavy atom. The molecule has 0 aromatic heterocycles. The zero-order valence-corrected chi connectivity index (χ0v) is 17.0. The summed E-state index contributed by atoms with van der Waals surface area (Å²) in [6, 6.07) is 11.4. The predicted molar refractivity (Wildman–Crippen MR) is 112 cm³/mol. The van der Waals surface area contributed by atoms with E-state index in [9.17, 15) is 14.4 Å². The monoisotopic (exact) mass is 434 g/mol. The van der Waals surface area contributed by atoms with E-state index in [0.29, 0.717) is 47.5 Å². The summed E-state index contributed by atoms with van der Waals surface area (Å²) in [5.41, 5.74) is 6.38. The van der Waals surface area contributed by atoms with Crippen LogP contribution in [0.3, 0.4) is 0 Å². The zero-order chi connectivity index (χ0) is 21.0. The van der Waals surface area contributed by atoms with Crippen LogP contribution in [0.2, 0.25) is 10.0 Å². The number of carbonyl (C=O) groups excluding carboxylic acids is 3. The van der Waals surface area contributed by atoms with Gasteiger partial charge in [0.15, 0.2) is 0 Å². The van der Waals surface area contributed by atoms with Gasteiger partial charge in [0.05, 0.1) is 28.4 Å². The van der Waals surface area contributed by atoms with Crippen molar-refractivity contribution in [1.29, 1.82) is 0 Å². The van der Waals surface area contributed by atoms with Crippen LogP contribution in [-0.2, 0) is 4.79 Å². The lowest BCUT2D eigenvalue weighted by Gasteiger charge is -2.34. The van der Waals surface area contributed by atoms with Crippen LogP contribution in [0.4, 0.5) is 5.69 Å². The molecule has 0 bridgehead atoms. The van der Waals surface area contributed by atoms with E-state index in [1.807, 2.05) is 4.90 Å². The van der Waals surface area contributed by atoms with Crippen LogP contribution in [-0.4, -0.2) is 60.2 Å². The average Bonchev–Trinajstić information content (AvgIpc) is 2.68. The van der Waals surface area contributed by atoms with Crippen molar-refractivity contribution in [3.05, 3.63) is 63.6 Å². The first-order chi connectivity index (χ1) is 13.8. The molecule has 0 saturated carbocycles. The van der Waals surface area contributed by atoms with Crippen molar-refractivity contribution in [1.82, 2.24) is 9.80 Å². The fourth-order valence-electron chi connectivity index (χ4n) is 3.14. The van der Waals surface area contributed by atoms with Gasteiger partial charge >= 0.3 is 0 Å². The van der Waals surface area contributed by atoms with Crippen LogP contribution in [0.5, 0.6) is 0 Å². The number of hydrogen-bond acceptors (Lipinski definition) is 4. The number of carbonyl (C=O) groups is 3. The number of anilines is 1. The van der Waals surface area contributed by atoms with E-state index in [-0.39, 0.29) is 23.9 Å². The number of amides is 3. The van der Waals surface area contributed by atoms with Crippen molar-refractivity contribution < 1.29 is 14.4 Å². The van der Waals surface area contributed by atoms with Gasteiger partial charge in [0.2, 0.25) is 5.91 Å². The molecule has 2 aromatic rings. The molecule has 0 radical (unpaired) electrons. The third kappa shape index (κ3) is 5.26. The number of para-hydroxylation sites is 1. The minimum atomic E-state index is -0.603. The molecule has 3 rings (SSSR count). The lowest BCUT2D eigenvalue weighted by Crippen LogP contribution is -2.50. The van der Waals surface area contributed by atoms with E-state index >= 15 is 0 Å². The van der Waals surface area contributed by atoms with E-state index in [1.165, 1.54) is 0 Å². The molecule has 2 aromatic carbocycles. The number of benzene rings is 2. The van der Waals surface area contributed by atoms with Gasteiger partial charge in [0.25, 0.3) is 11.8 Å². The summed E-state index contributed by atoms with van der Waals surface area (Å²) in [5.74, 6) is -1.01. The highest BCUT2D eigenvalue weighted by Gasteiger charge is 2.25. The van der Waals surface area contributed by atoms with Crippen molar-refractivity contribution in [3.63, 3.8) is 0 Å². The molecule has 0 unspecified atom stereocenters. The number of nitrogens with two attached hydrogens (primary N) is 1. The number of halogens is 2. The Labute approximate surface area is 178 Å². The molecule has 0 aliphatic carbocycles. The van der Waals surface area contributed by atoms with Crippen LogP contribution in [0.25, 0.3) is 0 Å². The summed E-state index contributed by atoms with van der Waals surface area (Å²) < 4.78 is 0. The summed E-state index contributed by atoms with van der Waals surface area (Å²) >= 11 is 12.0. The summed E-state index contributed by atoms with van der Waals surface area (Å²) in [6.45, 7) is 2.19. The molecule has 7 nitrogen and oxygen atoms in total. The highest BCUT2D eigenvalue weighted by atomic mass is 35.5.